The van der Waals surface area contributed by atoms with Crippen LogP contribution in [0, 0.1) is 0 Å². The molecule has 0 aliphatic rings. The van der Waals surface area contributed by atoms with Crippen LogP contribution in [0.2, 0.25) is 0 Å². The summed E-state index contributed by atoms with van der Waals surface area (Å²) >= 11 is 0. The fourth-order valence-electron chi connectivity index (χ4n) is 0.144. The first-order valence-corrected chi connectivity index (χ1v) is 5.12. The van der Waals surface area contributed by atoms with Crippen LogP contribution in [0.3, 0.4) is 0 Å². The molecule has 0 aliphatic carbocycles. The van der Waals surface area contributed by atoms with Crippen molar-refractivity contribution in [1.82, 2.24) is 0 Å². The SMILES string of the molecule is CC(=O)O.CC(=O)O.CC(=O)O.CCC(N)(O)CN.[H-].[Na+]. The maximum absolute atomic E-state index is 9.00. The molecule has 10 heteroatoms. The Morgan fingerprint density at radius 3 is 1.15 bits per heavy atom. The molecule has 20 heavy (non-hydrogen) atoms. The Morgan fingerprint density at radius 1 is 1.00 bits per heavy atom. The smallest absolute Gasteiger partial charge is 1.00 e. The van der Waals surface area contributed by atoms with E-state index in [1.807, 2.05) is 0 Å². The average molecular weight is 308 g/mol. The van der Waals surface area contributed by atoms with Crippen molar-refractivity contribution in [1.29, 1.82) is 0 Å². The molecule has 8 N–H and O–H groups in total. The molecule has 0 aromatic carbocycles. The van der Waals surface area contributed by atoms with E-state index in [9.17, 15) is 0 Å². The molecule has 0 spiro atoms. The molecule has 0 bridgehead atoms. The van der Waals surface area contributed by atoms with Crippen LogP contribution in [0.1, 0.15) is 35.5 Å². The number of hydrogen-bond donors (Lipinski definition) is 6. The Bertz CT molecular complexity index is 219. The van der Waals surface area contributed by atoms with Gasteiger partial charge in [-0.2, -0.15) is 0 Å². The summed E-state index contributed by atoms with van der Waals surface area (Å²) in [4.78, 5) is 27.0. The third-order valence-corrected chi connectivity index (χ3v) is 0.966. The van der Waals surface area contributed by atoms with Crippen LogP contribution in [0.15, 0.2) is 0 Å². The molecule has 1 unspecified atom stereocenters. The van der Waals surface area contributed by atoms with Gasteiger partial charge in [0.2, 0.25) is 0 Å². The van der Waals surface area contributed by atoms with Crippen molar-refractivity contribution < 1.29 is 65.8 Å². The first-order valence-electron chi connectivity index (χ1n) is 5.12. The van der Waals surface area contributed by atoms with Crippen molar-refractivity contribution in [3.63, 3.8) is 0 Å². The summed E-state index contributed by atoms with van der Waals surface area (Å²) in [6.07, 6.45) is 0.503. The number of nitrogens with two attached hydrogens (primary N) is 2. The zero-order chi connectivity index (χ0) is 16.6. The van der Waals surface area contributed by atoms with E-state index < -0.39 is 23.6 Å². The standard InChI is InChI=1S/C4H12N2O.3C2H4O2.Na.H/c1-2-4(6,7)3-5;3*1-2(3)4;;/h7H,2-3,5-6H2,1H3;3*1H3,(H,3,4);;/q;;;;+1;-1. The minimum absolute atomic E-state index is 0. The zero-order valence-electron chi connectivity index (χ0n) is 13.6. The third kappa shape index (κ3) is 164. The largest absolute Gasteiger partial charge is 1.00 e. The monoisotopic (exact) mass is 308 g/mol. The number of aliphatic hydroxyl groups is 1. The summed E-state index contributed by atoms with van der Waals surface area (Å²) < 4.78 is 0. The predicted molar refractivity (Wildman–Crippen MR) is 69.5 cm³/mol. The van der Waals surface area contributed by atoms with Gasteiger partial charge in [-0.05, 0) is 6.42 Å². The quantitative estimate of drug-likeness (QED) is 0.221. The van der Waals surface area contributed by atoms with Crippen molar-refractivity contribution in [2.45, 2.75) is 39.8 Å². The van der Waals surface area contributed by atoms with Crippen LogP contribution in [0.5, 0.6) is 0 Å². The number of rotatable bonds is 2. The van der Waals surface area contributed by atoms with Crippen molar-refractivity contribution in [3.8, 4) is 0 Å². The molecule has 0 heterocycles. The molecule has 0 fully saturated rings. The molecule has 0 saturated carbocycles. The summed E-state index contributed by atoms with van der Waals surface area (Å²) in [7, 11) is 0. The Hall–Kier alpha value is -0.710. The molecular weight excluding hydrogens is 283 g/mol. The summed E-state index contributed by atoms with van der Waals surface area (Å²) in [5.41, 5.74) is 9.05. The van der Waals surface area contributed by atoms with Crippen molar-refractivity contribution in [2.75, 3.05) is 6.54 Å². The predicted octanol–water partition coefficient (Wildman–Crippen LogP) is -3.61. The molecule has 0 saturated heterocycles. The van der Waals surface area contributed by atoms with E-state index in [-0.39, 0.29) is 37.5 Å². The van der Waals surface area contributed by atoms with Crippen LogP contribution < -0.4 is 41.0 Å². The van der Waals surface area contributed by atoms with Gasteiger partial charge >= 0.3 is 29.6 Å². The van der Waals surface area contributed by atoms with Crippen LogP contribution in [0.4, 0.5) is 0 Å². The van der Waals surface area contributed by atoms with Gasteiger partial charge in [-0.15, -0.1) is 0 Å². The Kier molecular flexibility index (Phi) is 32.6. The minimum atomic E-state index is -1.14. The van der Waals surface area contributed by atoms with Crippen LogP contribution in [0.25, 0.3) is 0 Å². The first-order chi connectivity index (χ1) is 8.32. The van der Waals surface area contributed by atoms with E-state index in [0.29, 0.717) is 6.42 Å². The Balaban J connectivity index is -0.0000000359. The first kappa shape index (κ1) is 31.6. The van der Waals surface area contributed by atoms with E-state index >= 15 is 0 Å². The van der Waals surface area contributed by atoms with E-state index in [0.717, 1.165) is 20.8 Å². The van der Waals surface area contributed by atoms with Gasteiger partial charge in [0.1, 0.15) is 5.72 Å². The van der Waals surface area contributed by atoms with Gasteiger partial charge in [0.05, 0.1) is 0 Å². The zero-order valence-corrected chi connectivity index (χ0v) is 14.6. The molecule has 0 aromatic rings. The molecule has 118 valence electrons. The van der Waals surface area contributed by atoms with Gasteiger partial charge in [-0.25, -0.2) is 0 Å². The number of aliphatic carboxylic acids is 3. The van der Waals surface area contributed by atoms with Crippen LogP contribution in [-0.2, 0) is 14.4 Å². The molecule has 0 aromatic heterocycles. The number of hydrogen-bond acceptors (Lipinski definition) is 6. The van der Waals surface area contributed by atoms with Gasteiger partial charge in [-0.3, -0.25) is 14.4 Å². The number of carboxylic acid groups (broad SMARTS) is 3. The van der Waals surface area contributed by atoms with E-state index in [4.69, 9.17) is 46.3 Å². The van der Waals surface area contributed by atoms with E-state index in [1.54, 1.807) is 6.92 Å². The van der Waals surface area contributed by atoms with E-state index in [1.165, 1.54) is 0 Å². The fourth-order valence-corrected chi connectivity index (χ4v) is 0.144. The molecule has 0 rings (SSSR count). The summed E-state index contributed by atoms with van der Waals surface area (Å²) in [6, 6.07) is 0. The Labute approximate surface area is 141 Å². The van der Waals surface area contributed by atoms with Crippen LogP contribution >= 0.6 is 0 Å². The minimum Gasteiger partial charge on any atom is -1.00 e. The average Bonchev–Trinajstić information content (AvgIpc) is 2.15. The summed E-state index contributed by atoms with van der Waals surface area (Å²) in [5, 5.41) is 31.0. The topological polar surface area (TPSA) is 184 Å². The van der Waals surface area contributed by atoms with Crippen molar-refractivity contribution >= 4 is 17.9 Å². The van der Waals surface area contributed by atoms with Crippen molar-refractivity contribution in [2.24, 2.45) is 11.5 Å². The van der Waals surface area contributed by atoms with Crippen LogP contribution in [-0.4, -0.2) is 50.6 Å². The maximum Gasteiger partial charge on any atom is 1.00 e. The normalized spacial score (nSPS) is 10.3. The number of carboxylic acids is 3. The van der Waals surface area contributed by atoms with Gasteiger partial charge in [0.25, 0.3) is 17.9 Å². The summed E-state index contributed by atoms with van der Waals surface area (Å²) in [6.45, 7) is 5.16. The Morgan fingerprint density at radius 2 is 1.15 bits per heavy atom. The molecule has 9 nitrogen and oxygen atoms in total. The van der Waals surface area contributed by atoms with Crippen molar-refractivity contribution in [3.05, 3.63) is 0 Å². The third-order valence-electron chi connectivity index (χ3n) is 0.966. The second-order valence-electron chi connectivity index (χ2n) is 3.22. The van der Waals surface area contributed by atoms with Gasteiger partial charge in [0, 0.05) is 27.3 Å². The molecular formula is C10H25N2NaO7. The summed E-state index contributed by atoms with van der Waals surface area (Å²) in [5.74, 6) is -2.50. The molecule has 0 aliphatic heterocycles. The maximum atomic E-state index is 9.00. The second-order valence-corrected chi connectivity index (χ2v) is 3.22. The van der Waals surface area contributed by atoms with Gasteiger partial charge in [-0.1, -0.05) is 6.92 Å². The molecule has 0 radical (unpaired) electrons. The number of carbonyl (C=O) groups is 3. The van der Waals surface area contributed by atoms with Gasteiger partial charge in [0.15, 0.2) is 0 Å². The molecule has 0 amide bonds. The van der Waals surface area contributed by atoms with Gasteiger partial charge < -0.3 is 33.3 Å². The molecule has 1 atom stereocenters. The van der Waals surface area contributed by atoms with E-state index in [2.05, 4.69) is 0 Å². The fraction of sp³-hybridized carbons (Fsp3) is 0.700. The second kappa shape index (κ2) is 20.6.